The Balaban J connectivity index is 1.92. The number of benzene rings is 1. The highest BCUT2D eigenvalue weighted by atomic mass is 16.5. The highest BCUT2D eigenvalue weighted by Gasteiger charge is 2.41. The molecule has 2 atom stereocenters. The van der Waals surface area contributed by atoms with Crippen LogP contribution in [0.3, 0.4) is 0 Å². The van der Waals surface area contributed by atoms with Crippen LogP contribution in [-0.4, -0.2) is 32.3 Å². The number of hydrogen-bond acceptors (Lipinski definition) is 4. The van der Waals surface area contributed by atoms with Gasteiger partial charge in [-0.1, -0.05) is 0 Å². The van der Waals surface area contributed by atoms with Gasteiger partial charge in [0.1, 0.15) is 5.75 Å². The van der Waals surface area contributed by atoms with Crippen molar-refractivity contribution in [1.29, 1.82) is 5.26 Å². The summed E-state index contributed by atoms with van der Waals surface area (Å²) in [5.41, 5.74) is 1.80. The Morgan fingerprint density at radius 3 is 2.55 bits per heavy atom. The molecule has 20 heavy (non-hydrogen) atoms. The molecule has 4 heteroatoms. The second kappa shape index (κ2) is 5.34. The quantitative estimate of drug-likeness (QED) is 0.916. The van der Waals surface area contributed by atoms with E-state index < -0.39 is 0 Å². The molecule has 2 aliphatic heterocycles. The summed E-state index contributed by atoms with van der Waals surface area (Å²) < 4.78 is 5.51. The van der Waals surface area contributed by atoms with E-state index in [1.165, 1.54) is 25.7 Å². The number of rotatable bonds is 3. The van der Waals surface area contributed by atoms with E-state index >= 15 is 0 Å². The van der Waals surface area contributed by atoms with Crippen LogP contribution in [0.15, 0.2) is 18.2 Å². The van der Waals surface area contributed by atoms with E-state index in [4.69, 9.17) is 10.00 Å². The third kappa shape index (κ3) is 2.12. The second-order valence-corrected chi connectivity index (χ2v) is 5.75. The van der Waals surface area contributed by atoms with E-state index in [9.17, 15) is 0 Å². The second-order valence-electron chi connectivity index (χ2n) is 5.75. The molecule has 1 aromatic rings. The Morgan fingerprint density at radius 2 is 2.00 bits per heavy atom. The van der Waals surface area contributed by atoms with E-state index in [0.29, 0.717) is 23.7 Å². The fourth-order valence-corrected chi connectivity index (χ4v) is 3.77. The Labute approximate surface area is 120 Å². The van der Waals surface area contributed by atoms with Gasteiger partial charge in [-0.05, 0) is 44.9 Å². The number of anilines is 1. The van der Waals surface area contributed by atoms with Gasteiger partial charge in [-0.25, -0.2) is 0 Å². The van der Waals surface area contributed by atoms with E-state index in [1.54, 1.807) is 7.11 Å². The van der Waals surface area contributed by atoms with Crippen molar-refractivity contribution < 1.29 is 4.74 Å². The standard InChI is InChI=1S/C16H21N3O/c1-18-12-8-13-4-5-14(9-12)19(13)15-6-3-11(10-17)7-16(15)20-2/h3,6-7,12-14,18H,4-5,8-9H2,1-2H3. The zero-order valence-corrected chi connectivity index (χ0v) is 12.1. The van der Waals surface area contributed by atoms with Gasteiger partial charge in [0.05, 0.1) is 24.4 Å². The summed E-state index contributed by atoms with van der Waals surface area (Å²) in [5.74, 6) is 0.823. The summed E-state index contributed by atoms with van der Waals surface area (Å²) in [5, 5.41) is 12.4. The van der Waals surface area contributed by atoms with Crippen molar-refractivity contribution in [1.82, 2.24) is 5.32 Å². The molecule has 2 saturated heterocycles. The lowest BCUT2D eigenvalue weighted by Gasteiger charge is -2.41. The summed E-state index contributed by atoms with van der Waals surface area (Å²) in [6, 6.07) is 9.77. The van der Waals surface area contributed by atoms with E-state index in [0.717, 1.165) is 11.4 Å². The summed E-state index contributed by atoms with van der Waals surface area (Å²) in [6.45, 7) is 0. The maximum absolute atomic E-state index is 9.01. The normalized spacial score (nSPS) is 28.2. The number of nitrogens with one attached hydrogen (secondary N) is 1. The van der Waals surface area contributed by atoms with Gasteiger partial charge in [-0.3, -0.25) is 0 Å². The van der Waals surface area contributed by atoms with Gasteiger partial charge in [-0.2, -0.15) is 5.26 Å². The van der Waals surface area contributed by atoms with Gasteiger partial charge < -0.3 is 15.0 Å². The molecule has 2 aliphatic rings. The third-order valence-corrected chi connectivity index (χ3v) is 4.73. The van der Waals surface area contributed by atoms with Crippen molar-refractivity contribution >= 4 is 5.69 Å². The van der Waals surface area contributed by atoms with Crippen molar-refractivity contribution in [2.45, 2.75) is 43.8 Å². The highest BCUT2D eigenvalue weighted by molar-refractivity contribution is 5.63. The van der Waals surface area contributed by atoms with E-state index in [-0.39, 0.29) is 0 Å². The molecule has 0 radical (unpaired) electrons. The number of hydrogen-bond donors (Lipinski definition) is 1. The fourth-order valence-electron chi connectivity index (χ4n) is 3.77. The van der Waals surface area contributed by atoms with Crippen LogP contribution >= 0.6 is 0 Å². The van der Waals surface area contributed by atoms with Crippen LogP contribution < -0.4 is 15.0 Å². The Bertz CT molecular complexity index is 523. The van der Waals surface area contributed by atoms with Gasteiger partial charge in [0.25, 0.3) is 0 Å². The minimum absolute atomic E-state index is 0.591. The summed E-state index contributed by atoms with van der Waals surface area (Å²) in [4.78, 5) is 2.52. The number of piperidine rings is 1. The zero-order valence-electron chi connectivity index (χ0n) is 12.1. The predicted octanol–water partition coefficient (Wildman–Crippen LogP) is 2.29. The van der Waals surface area contributed by atoms with Crippen molar-refractivity contribution in [2.24, 2.45) is 0 Å². The molecule has 1 aromatic carbocycles. The van der Waals surface area contributed by atoms with Gasteiger partial charge in [0.15, 0.2) is 0 Å². The molecule has 2 heterocycles. The number of nitriles is 1. The smallest absolute Gasteiger partial charge is 0.143 e. The third-order valence-electron chi connectivity index (χ3n) is 4.73. The Kier molecular flexibility index (Phi) is 3.54. The first-order valence-electron chi connectivity index (χ1n) is 7.30. The van der Waals surface area contributed by atoms with Crippen molar-refractivity contribution in [2.75, 3.05) is 19.1 Å². The number of nitrogens with zero attached hydrogens (tertiary/aromatic N) is 2. The van der Waals surface area contributed by atoms with Crippen LogP contribution in [0, 0.1) is 11.3 Å². The lowest BCUT2D eigenvalue weighted by Crippen LogP contribution is -2.48. The fraction of sp³-hybridized carbons (Fsp3) is 0.562. The molecule has 0 aromatic heterocycles. The van der Waals surface area contributed by atoms with Crippen LogP contribution in [0.1, 0.15) is 31.2 Å². The molecular weight excluding hydrogens is 250 g/mol. The molecule has 0 spiro atoms. The van der Waals surface area contributed by atoms with Crippen molar-refractivity contribution in [3.05, 3.63) is 23.8 Å². The van der Waals surface area contributed by atoms with Crippen LogP contribution in [-0.2, 0) is 0 Å². The Hall–Kier alpha value is -1.73. The lowest BCUT2D eigenvalue weighted by atomic mass is 9.96. The van der Waals surface area contributed by atoms with Gasteiger partial charge in [0, 0.05) is 24.2 Å². The molecule has 2 fully saturated rings. The van der Waals surface area contributed by atoms with Crippen LogP contribution in [0.25, 0.3) is 0 Å². The lowest BCUT2D eigenvalue weighted by molar-refractivity contribution is 0.365. The van der Waals surface area contributed by atoms with Gasteiger partial charge >= 0.3 is 0 Å². The van der Waals surface area contributed by atoms with E-state index in [1.807, 2.05) is 18.2 Å². The Morgan fingerprint density at radius 1 is 1.30 bits per heavy atom. The maximum Gasteiger partial charge on any atom is 0.143 e. The summed E-state index contributed by atoms with van der Waals surface area (Å²) in [7, 11) is 3.74. The molecule has 106 valence electrons. The zero-order chi connectivity index (χ0) is 14.1. The first-order chi connectivity index (χ1) is 9.76. The minimum atomic E-state index is 0.591. The minimum Gasteiger partial charge on any atom is -0.495 e. The summed E-state index contributed by atoms with van der Waals surface area (Å²) in [6.07, 6.45) is 4.89. The first-order valence-corrected chi connectivity index (χ1v) is 7.30. The van der Waals surface area contributed by atoms with Crippen LogP contribution in [0.5, 0.6) is 5.75 Å². The van der Waals surface area contributed by atoms with Gasteiger partial charge in [-0.15, -0.1) is 0 Å². The molecule has 2 unspecified atom stereocenters. The van der Waals surface area contributed by atoms with Crippen molar-refractivity contribution in [3.8, 4) is 11.8 Å². The molecule has 2 bridgehead atoms. The first kappa shape index (κ1) is 13.3. The molecule has 1 N–H and O–H groups in total. The average Bonchev–Trinajstić information content (AvgIpc) is 2.76. The summed E-state index contributed by atoms with van der Waals surface area (Å²) >= 11 is 0. The average molecular weight is 271 g/mol. The molecule has 3 rings (SSSR count). The monoisotopic (exact) mass is 271 g/mol. The molecule has 0 saturated carbocycles. The largest absolute Gasteiger partial charge is 0.495 e. The number of methoxy groups -OCH3 is 1. The predicted molar refractivity (Wildman–Crippen MR) is 79.1 cm³/mol. The van der Waals surface area contributed by atoms with E-state index in [2.05, 4.69) is 23.3 Å². The topological polar surface area (TPSA) is 48.3 Å². The SMILES string of the molecule is CNC1CC2CCC(C1)N2c1ccc(C#N)cc1OC. The van der Waals surface area contributed by atoms with Crippen LogP contribution in [0.4, 0.5) is 5.69 Å². The molecular formula is C16H21N3O. The molecule has 0 amide bonds. The van der Waals surface area contributed by atoms with Gasteiger partial charge in [0.2, 0.25) is 0 Å². The molecule has 0 aliphatic carbocycles. The van der Waals surface area contributed by atoms with Crippen molar-refractivity contribution in [3.63, 3.8) is 0 Å². The van der Waals surface area contributed by atoms with Crippen LogP contribution in [0.2, 0.25) is 0 Å². The number of ether oxygens (including phenoxy) is 1. The maximum atomic E-state index is 9.01. The molecule has 4 nitrogen and oxygen atoms in total. The highest BCUT2D eigenvalue weighted by Crippen LogP contribution is 2.43. The number of fused-ring (bicyclic) bond motifs is 2.